The van der Waals surface area contributed by atoms with Crippen LogP contribution in [0.2, 0.25) is 0 Å². The fraction of sp³-hybridized carbons (Fsp3) is 0.500. The normalized spacial score (nSPS) is 41.0. The van der Waals surface area contributed by atoms with E-state index in [0.717, 1.165) is 0 Å². The van der Waals surface area contributed by atoms with Gasteiger partial charge >= 0.3 is 0 Å². The molecule has 2 rings (SSSR count). The predicted octanol–water partition coefficient (Wildman–Crippen LogP) is 0.826. The number of hydrogen-bond acceptors (Lipinski definition) is 3. The Hall–Kier alpha value is -0.640. The van der Waals surface area contributed by atoms with Gasteiger partial charge in [-0.05, 0) is 0 Å². The number of fused-ring (bicyclic) bond motifs is 1. The van der Waals surface area contributed by atoms with E-state index in [1.165, 1.54) is 0 Å². The second-order valence-electron chi connectivity index (χ2n) is 2.50. The van der Waals surface area contributed by atoms with Gasteiger partial charge < -0.3 is 14.2 Å². The molecular weight excluding hydrogens is 144 g/mol. The first kappa shape index (κ1) is 7.03. The van der Waals surface area contributed by atoms with Gasteiger partial charge in [0.25, 0.3) is 6.48 Å². The maximum Gasteiger partial charge on any atom is 0.272 e. The summed E-state index contributed by atoms with van der Waals surface area (Å²) in [5.74, 6) is 0. The fourth-order valence-electron chi connectivity index (χ4n) is 1.21. The lowest BCUT2D eigenvalue weighted by molar-refractivity contribution is -0.223. The molecule has 3 nitrogen and oxygen atoms in total. The van der Waals surface area contributed by atoms with Crippen molar-refractivity contribution in [2.45, 2.75) is 18.7 Å². The molecule has 0 aromatic carbocycles. The lowest BCUT2D eigenvalue weighted by atomic mass is 10.1. The molecule has 0 spiro atoms. The molecule has 1 fully saturated rings. The Kier molecular flexibility index (Phi) is 1.77. The van der Waals surface area contributed by atoms with Crippen molar-refractivity contribution in [3.8, 4) is 0 Å². The summed E-state index contributed by atoms with van der Waals surface area (Å²) in [6.07, 6.45) is 7.88. The molecule has 11 heavy (non-hydrogen) atoms. The van der Waals surface area contributed by atoms with Crippen molar-refractivity contribution >= 4 is 0 Å². The second kappa shape index (κ2) is 2.77. The summed E-state index contributed by atoms with van der Waals surface area (Å²) in [6, 6.07) is 0. The highest BCUT2D eigenvalue weighted by Crippen LogP contribution is 2.23. The third kappa shape index (κ3) is 1.22. The van der Waals surface area contributed by atoms with Gasteiger partial charge in [0.1, 0.15) is 12.2 Å². The Morgan fingerprint density at radius 3 is 2.09 bits per heavy atom. The summed E-state index contributed by atoms with van der Waals surface area (Å²) < 4.78 is 15.6. The SMILES string of the molecule is COC1OC2C=CC=CC2O1. The van der Waals surface area contributed by atoms with Crippen LogP contribution >= 0.6 is 0 Å². The number of ether oxygens (including phenoxy) is 3. The van der Waals surface area contributed by atoms with Crippen molar-refractivity contribution in [3.05, 3.63) is 24.3 Å². The van der Waals surface area contributed by atoms with E-state index < -0.39 is 6.48 Å². The summed E-state index contributed by atoms with van der Waals surface area (Å²) in [5, 5.41) is 0. The largest absolute Gasteiger partial charge is 0.333 e. The fourth-order valence-corrected chi connectivity index (χ4v) is 1.21. The molecule has 3 heteroatoms. The molecule has 1 heterocycles. The predicted molar refractivity (Wildman–Crippen MR) is 38.8 cm³/mol. The molecule has 0 N–H and O–H groups in total. The van der Waals surface area contributed by atoms with Gasteiger partial charge in [0.05, 0.1) is 0 Å². The van der Waals surface area contributed by atoms with Gasteiger partial charge in [0, 0.05) is 7.11 Å². The molecule has 0 aromatic heterocycles. The summed E-state index contributed by atoms with van der Waals surface area (Å²) in [7, 11) is 1.56. The molecule has 0 amide bonds. The highest BCUT2D eigenvalue weighted by atomic mass is 16.9. The van der Waals surface area contributed by atoms with E-state index in [1.807, 2.05) is 24.3 Å². The highest BCUT2D eigenvalue weighted by Gasteiger charge is 2.33. The third-order valence-corrected chi connectivity index (χ3v) is 1.77. The van der Waals surface area contributed by atoms with Crippen LogP contribution in [0.3, 0.4) is 0 Å². The number of allylic oxidation sites excluding steroid dienone is 2. The highest BCUT2D eigenvalue weighted by molar-refractivity contribution is 5.17. The molecule has 0 aromatic rings. The molecular formula is C8H10O3. The zero-order valence-corrected chi connectivity index (χ0v) is 6.27. The van der Waals surface area contributed by atoms with Gasteiger partial charge in [0.2, 0.25) is 0 Å². The van der Waals surface area contributed by atoms with Crippen LogP contribution in [-0.2, 0) is 14.2 Å². The van der Waals surface area contributed by atoms with E-state index in [0.29, 0.717) is 0 Å². The van der Waals surface area contributed by atoms with E-state index in [4.69, 9.17) is 14.2 Å². The smallest absolute Gasteiger partial charge is 0.272 e. The van der Waals surface area contributed by atoms with Gasteiger partial charge in [-0.25, -0.2) is 0 Å². The van der Waals surface area contributed by atoms with E-state index in [-0.39, 0.29) is 12.2 Å². The lowest BCUT2D eigenvalue weighted by Gasteiger charge is -2.09. The molecule has 1 aliphatic heterocycles. The summed E-state index contributed by atoms with van der Waals surface area (Å²) in [6.45, 7) is -0.502. The maximum absolute atomic E-state index is 5.33. The Morgan fingerprint density at radius 1 is 1.09 bits per heavy atom. The molecule has 2 unspecified atom stereocenters. The second-order valence-corrected chi connectivity index (χ2v) is 2.50. The van der Waals surface area contributed by atoms with Crippen molar-refractivity contribution in [3.63, 3.8) is 0 Å². The number of rotatable bonds is 1. The van der Waals surface area contributed by atoms with Crippen LogP contribution in [-0.4, -0.2) is 25.8 Å². The Labute approximate surface area is 65.2 Å². The zero-order chi connectivity index (χ0) is 7.68. The molecule has 0 radical (unpaired) electrons. The van der Waals surface area contributed by atoms with Gasteiger partial charge in [-0.3, -0.25) is 0 Å². The number of hydrogen-bond donors (Lipinski definition) is 0. The average Bonchev–Trinajstić information content (AvgIpc) is 2.46. The van der Waals surface area contributed by atoms with Crippen LogP contribution in [0.5, 0.6) is 0 Å². The molecule has 0 bridgehead atoms. The molecule has 2 atom stereocenters. The van der Waals surface area contributed by atoms with Gasteiger partial charge in [-0.1, -0.05) is 24.3 Å². The standard InChI is InChI=1S/C8H10O3/c1-9-8-10-6-4-2-3-5-7(6)11-8/h2-8H,1H3. The quantitative estimate of drug-likeness (QED) is 0.559. The van der Waals surface area contributed by atoms with Crippen molar-refractivity contribution < 1.29 is 14.2 Å². The summed E-state index contributed by atoms with van der Waals surface area (Å²) in [5.41, 5.74) is 0. The Bertz CT molecular complexity index is 178. The molecule has 1 aliphatic carbocycles. The number of methoxy groups -OCH3 is 1. The van der Waals surface area contributed by atoms with Crippen molar-refractivity contribution in [1.82, 2.24) is 0 Å². The lowest BCUT2D eigenvalue weighted by Crippen LogP contribution is -2.18. The minimum atomic E-state index is -0.502. The maximum atomic E-state index is 5.33. The van der Waals surface area contributed by atoms with Crippen LogP contribution in [0, 0.1) is 0 Å². The van der Waals surface area contributed by atoms with Crippen LogP contribution in [0.15, 0.2) is 24.3 Å². The first-order valence-electron chi connectivity index (χ1n) is 3.59. The summed E-state index contributed by atoms with van der Waals surface area (Å²) in [4.78, 5) is 0. The van der Waals surface area contributed by atoms with E-state index in [1.54, 1.807) is 7.11 Å². The monoisotopic (exact) mass is 154 g/mol. The molecule has 2 aliphatic rings. The van der Waals surface area contributed by atoms with E-state index in [9.17, 15) is 0 Å². The zero-order valence-electron chi connectivity index (χ0n) is 6.27. The molecule has 0 saturated carbocycles. The average molecular weight is 154 g/mol. The van der Waals surface area contributed by atoms with Crippen molar-refractivity contribution in [1.29, 1.82) is 0 Å². The first-order valence-corrected chi connectivity index (χ1v) is 3.59. The van der Waals surface area contributed by atoms with Crippen LogP contribution in [0.1, 0.15) is 0 Å². The summed E-state index contributed by atoms with van der Waals surface area (Å²) >= 11 is 0. The Morgan fingerprint density at radius 2 is 1.64 bits per heavy atom. The van der Waals surface area contributed by atoms with Gasteiger partial charge in [0.15, 0.2) is 0 Å². The van der Waals surface area contributed by atoms with E-state index >= 15 is 0 Å². The van der Waals surface area contributed by atoms with Crippen LogP contribution in [0.4, 0.5) is 0 Å². The third-order valence-electron chi connectivity index (χ3n) is 1.77. The first-order chi connectivity index (χ1) is 5.40. The minimum absolute atomic E-state index is 0.0324. The van der Waals surface area contributed by atoms with Gasteiger partial charge in [-0.2, -0.15) is 0 Å². The van der Waals surface area contributed by atoms with Crippen LogP contribution in [0.25, 0.3) is 0 Å². The Balaban J connectivity index is 2.06. The van der Waals surface area contributed by atoms with E-state index in [2.05, 4.69) is 0 Å². The minimum Gasteiger partial charge on any atom is -0.333 e. The molecule has 60 valence electrons. The van der Waals surface area contributed by atoms with Crippen molar-refractivity contribution in [2.75, 3.05) is 7.11 Å². The van der Waals surface area contributed by atoms with Crippen LogP contribution < -0.4 is 0 Å². The topological polar surface area (TPSA) is 27.7 Å². The van der Waals surface area contributed by atoms with Gasteiger partial charge in [-0.15, -0.1) is 0 Å². The van der Waals surface area contributed by atoms with Crippen molar-refractivity contribution in [2.24, 2.45) is 0 Å². The molecule has 1 saturated heterocycles.